The normalized spacial score (nSPS) is 12.7. The molecule has 3 aromatic heterocycles. The Kier molecular flexibility index (Phi) is 5.14. The largest absolute Gasteiger partial charge is 0.416 e. The molecule has 3 aromatic rings. The fourth-order valence-corrected chi connectivity index (χ4v) is 3.51. The maximum atomic E-state index is 6.25. The summed E-state index contributed by atoms with van der Waals surface area (Å²) < 4.78 is 7.94. The SMILES string of the molecule is CC(C)(C)[Si](C)(C)OCCc1cc(-c2cnc3ccc(Cl)nn23)ncn1. The van der Waals surface area contributed by atoms with Crippen LogP contribution in [0, 0.1) is 0 Å². The Bertz CT molecular complexity index is 919. The number of halogens is 1. The van der Waals surface area contributed by atoms with Gasteiger partial charge in [-0.2, -0.15) is 5.10 Å². The van der Waals surface area contributed by atoms with Gasteiger partial charge in [0.25, 0.3) is 0 Å². The average molecular weight is 390 g/mol. The van der Waals surface area contributed by atoms with Crippen LogP contribution >= 0.6 is 11.6 Å². The Morgan fingerprint density at radius 3 is 2.65 bits per heavy atom. The van der Waals surface area contributed by atoms with E-state index in [1.807, 2.05) is 12.1 Å². The maximum Gasteiger partial charge on any atom is 0.191 e. The number of nitrogens with zero attached hydrogens (tertiary/aromatic N) is 5. The van der Waals surface area contributed by atoms with Crippen LogP contribution in [0.4, 0.5) is 0 Å². The molecule has 0 unspecified atom stereocenters. The number of imidazole rings is 1. The third-order valence-electron chi connectivity index (χ3n) is 4.94. The van der Waals surface area contributed by atoms with Crippen molar-refractivity contribution in [1.29, 1.82) is 0 Å². The molecular formula is C18H24ClN5OSi. The molecule has 0 radical (unpaired) electrons. The lowest BCUT2D eigenvalue weighted by Crippen LogP contribution is -2.41. The van der Waals surface area contributed by atoms with Crippen molar-refractivity contribution < 1.29 is 4.43 Å². The van der Waals surface area contributed by atoms with Gasteiger partial charge in [0.05, 0.1) is 11.9 Å². The van der Waals surface area contributed by atoms with Crippen LogP contribution in [0.3, 0.4) is 0 Å². The standard InChI is InChI=1S/C18H24ClN5OSi/c1-18(2,3)26(4,5)25-9-8-13-10-14(22-12-21-13)15-11-20-17-7-6-16(19)23-24(15)17/h6-7,10-12H,8-9H2,1-5H3. The van der Waals surface area contributed by atoms with Gasteiger partial charge in [0.1, 0.15) is 17.2 Å². The Morgan fingerprint density at radius 2 is 1.92 bits per heavy atom. The van der Waals surface area contributed by atoms with Crippen LogP contribution in [0.5, 0.6) is 0 Å². The number of rotatable bonds is 5. The van der Waals surface area contributed by atoms with Crippen LogP contribution in [0.1, 0.15) is 26.5 Å². The first-order valence-corrected chi connectivity index (χ1v) is 11.9. The molecule has 0 bridgehead atoms. The molecule has 0 saturated carbocycles. The van der Waals surface area contributed by atoms with E-state index in [2.05, 4.69) is 53.9 Å². The quantitative estimate of drug-likeness (QED) is 0.605. The van der Waals surface area contributed by atoms with Crippen LogP contribution in [0.2, 0.25) is 23.3 Å². The molecular weight excluding hydrogens is 366 g/mol. The van der Waals surface area contributed by atoms with Crippen molar-refractivity contribution in [2.45, 2.75) is 45.3 Å². The fraction of sp³-hybridized carbons (Fsp3) is 0.444. The van der Waals surface area contributed by atoms with Gasteiger partial charge in [0.15, 0.2) is 14.0 Å². The van der Waals surface area contributed by atoms with Gasteiger partial charge in [0, 0.05) is 18.7 Å². The molecule has 6 nitrogen and oxygen atoms in total. The van der Waals surface area contributed by atoms with Crippen LogP contribution < -0.4 is 0 Å². The summed E-state index contributed by atoms with van der Waals surface area (Å²) in [5.41, 5.74) is 3.22. The van der Waals surface area contributed by atoms with Gasteiger partial charge in [-0.3, -0.25) is 0 Å². The number of aromatic nitrogens is 5. The highest BCUT2D eigenvalue weighted by Gasteiger charge is 2.36. The van der Waals surface area contributed by atoms with Crippen molar-refractivity contribution in [3.8, 4) is 11.4 Å². The molecule has 0 saturated heterocycles. The van der Waals surface area contributed by atoms with Gasteiger partial charge in [-0.15, -0.1) is 0 Å². The van der Waals surface area contributed by atoms with E-state index in [-0.39, 0.29) is 5.04 Å². The Balaban J connectivity index is 1.77. The predicted octanol–water partition coefficient (Wildman–Crippen LogP) is 4.40. The summed E-state index contributed by atoms with van der Waals surface area (Å²) in [6.45, 7) is 11.9. The minimum Gasteiger partial charge on any atom is -0.416 e. The van der Waals surface area contributed by atoms with Crippen molar-refractivity contribution in [2.24, 2.45) is 0 Å². The van der Waals surface area contributed by atoms with Crippen molar-refractivity contribution in [3.05, 3.63) is 41.6 Å². The summed E-state index contributed by atoms with van der Waals surface area (Å²) in [7, 11) is -1.75. The monoisotopic (exact) mass is 389 g/mol. The van der Waals surface area contributed by atoms with Crippen LogP contribution in [-0.4, -0.2) is 39.5 Å². The lowest BCUT2D eigenvalue weighted by atomic mass is 10.2. The van der Waals surface area contributed by atoms with Gasteiger partial charge in [-0.25, -0.2) is 19.5 Å². The zero-order valence-electron chi connectivity index (χ0n) is 15.8. The van der Waals surface area contributed by atoms with E-state index in [0.29, 0.717) is 11.8 Å². The molecule has 0 fully saturated rings. The highest BCUT2D eigenvalue weighted by molar-refractivity contribution is 6.74. The second kappa shape index (κ2) is 7.06. The lowest BCUT2D eigenvalue weighted by Gasteiger charge is -2.36. The zero-order valence-corrected chi connectivity index (χ0v) is 17.6. The first-order valence-electron chi connectivity index (χ1n) is 8.63. The molecule has 8 heteroatoms. The van der Waals surface area contributed by atoms with Gasteiger partial charge in [0.2, 0.25) is 0 Å². The summed E-state index contributed by atoms with van der Waals surface area (Å²) in [4.78, 5) is 13.1. The number of hydrogen-bond acceptors (Lipinski definition) is 5. The zero-order chi connectivity index (χ0) is 18.9. The Morgan fingerprint density at radius 1 is 1.15 bits per heavy atom. The fourth-order valence-electron chi connectivity index (χ4n) is 2.33. The molecule has 3 heterocycles. The van der Waals surface area contributed by atoms with Crippen LogP contribution in [0.25, 0.3) is 17.0 Å². The van der Waals surface area contributed by atoms with Crippen molar-refractivity contribution >= 4 is 25.6 Å². The Labute approximate surface area is 159 Å². The molecule has 0 aliphatic heterocycles. The lowest BCUT2D eigenvalue weighted by molar-refractivity contribution is 0.290. The molecule has 3 rings (SSSR count). The van der Waals surface area contributed by atoms with Gasteiger partial charge in [-0.05, 0) is 36.3 Å². The average Bonchev–Trinajstić information content (AvgIpc) is 2.97. The second-order valence-electron chi connectivity index (χ2n) is 7.82. The van der Waals surface area contributed by atoms with E-state index >= 15 is 0 Å². The van der Waals surface area contributed by atoms with Crippen molar-refractivity contribution in [1.82, 2.24) is 24.6 Å². The predicted molar refractivity (Wildman–Crippen MR) is 106 cm³/mol. The molecule has 0 aliphatic rings. The summed E-state index contributed by atoms with van der Waals surface area (Å²) >= 11 is 6.01. The highest BCUT2D eigenvalue weighted by atomic mass is 35.5. The minimum absolute atomic E-state index is 0.200. The topological polar surface area (TPSA) is 65.2 Å². The maximum absolute atomic E-state index is 6.25. The molecule has 0 aromatic carbocycles. The van der Waals surface area contributed by atoms with E-state index in [4.69, 9.17) is 16.0 Å². The first-order chi connectivity index (χ1) is 12.2. The van der Waals surface area contributed by atoms with E-state index in [1.165, 1.54) is 0 Å². The summed E-state index contributed by atoms with van der Waals surface area (Å²) in [5.74, 6) is 0. The molecule has 0 atom stereocenters. The van der Waals surface area contributed by atoms with Gasteiger partial charge < -0.3 is 4.43 Å². The Hall–Kier alpha value is -1.83. The van der Waals surface area contributed by atoms with Gasteiger partial charge in [-0.1, -0.05) is 32.4 Å². The third kappa shape index (κ3) is 3.95. The van der Waals surface area contributed by atoms with Crippen LogP contribution in [-0.2, 0) is 10.8 Å². The van der Waals surface area contributed by atoms with E-state index in [9.17, 15) is 0 Å². The van der Waals surface area contributed by atoms with Crippen molar-refractivity contribution in [3.63, 3.8) is 0 Å². The molecule has 26 heavy (non-hydrogen) atoms. The molecule has 0 amide bonds. The highest BCUT2D eigenvalue weighted by Crippen LogP contribution is 2.36. The van der Waals surface area contributed by atoms with Crippen LogP contribution in [0.15, 0.2) is 30.7 Å². The summed E-state index contributed by atoms with van der Waals surface area (Å²) in [6, 6.07) is 5.51. The van der Waals surface area contributed by atoms with E-state index in [0.717, 1.165) is 29.1 Å². The smallest absolute Gasteiger partial charge is 0.191 e. The first kappa shape index (κ1) is 18.9. The molecule has 138 valence electrons. The molecule has 0 spiro atoms. The minimum atomic E-state index is -1.75. The van der Waals surface area contributed by atoms with E-state index in [1.54, 1.807) is 23.1 Å². The number of hydrogen-bond donors (Lipinski definition) is 0. The molecule has 0 aliphatic carbocycles. The van der Waals surface area contributed by atoms with Gasteiger partial charge >= 0.3 is 0 Å². The summed E-state index contributed by atoms with van der Waals surface area (Å²) in [5, 5.41) is 4.91. The van der Waals surface area contributed by atoms with Crippen molar-refractivity contribution in [2.75, 3.05) is 6.61 Å². The second-order valence-corrected chi connectivity index (χ2v) is 13.0. The van der Waals surface area contributed by atoms with E-state index < -0.39 is 8.32 Å². The summed E-state index contributed by atoms with van der Waals surface area (Å²) in [6.07, 6.45) is 4.06. The third-order valence-corrected chi connectivity index (χ3v) is 9.68. The molecule has 0 N–H and O–H groups in total. The number of fused-ring (bicyclic) bond motifs is 1.